The number of hydrogen-bond acceptors (Lipinski definition) is 7. The molecule has 0 fully saturated rings. The molecular weight excluding hydrogens is 386 g/mol. The molecule has 3 heterocycles. The summed E-state index contributed by atoms with van der Waals surface area (Å²) in [5.74, 6) is 5.83. The SMILES string of the molecule is CC#CCOOOO.c1ccc2c(c1)CCN(CCOc1cc3n(n1)CCCC3)C2. The highest BCUT2D eigenvalue weighted by molar-refractivity contribution is 5.29. The van der Waals surface area contributed by atoms with Crippen molar-refractivity contribution in [1.29, 1.82) is 0 Å². The van der Waals surface area contributed by atoms with Gasteiger partial charge >= 0.3 is 0 Å². The second-order valence-corrected chi connectivity index (χ2v) is 7.13. The average Bonchev–Trinajstić information content (AvgIpc) is 3.20. The zero-order chi connectivity index (χ0) is 21.0. The van der Waals surface area contributed by atoms with Crippen molar-refractivity contribution in [3.8, 4) is 17.7 Å². The third-order valence-electron chi connectivity index (χ3n) is 5.15. The molecule has 1 N–H and O–H groups in total. The first-order valence-electron chi connectivity index (χ1n) is 10.3. The number of fused-ring (bicyclic) bond motifs is 2. The molecule has 0 saturated heterocycles. The number of aryl methyl sites for hydroxylation is 2. The van der Waals surface area contributed by atoms with Gasteiger partial charge < -0.3 is 4.74 Å². The quantitative estimate of drug-likeness (QED) is 0.322. The van der Waals surface area contributed by atoms with Gasteiger partial charge in [0.05, 0.1) is 0 Å². The molecule has 0 aliphatic carbocycles. The summed E-state index contributed by atoms with van der Waals surface area (Å²) in [6.45, 7) is 6.64. The summed E-state index contributed by atoms with van der Waals surface area (Å²) in [5.41, 5.74) is 4.29. The van der Waals surface area contributed by atoms with Crippen molar-refractivity contribution in [2.24, 2.45) is 0 Å². The largest absolute Gasteiger partial charge is 0.475 e. The van der Waals surface area contributed by atoms with E-state index in [0.29, 0.717) is 0 Å². The van der Waals surface area contributed by atoms with E-state index in [9.17, 15) is 0 Å². The van der Waals surface area contributed by atoms with E-state index in [0.717, 1.165) is 51.5 Å². The molecular formula is C22H29N3O5. The first-order chi connectivity index (χ1) is 14.8. The van der Waals surface area contributed by atoms with E-state index in [4.69, 9.17) is 9.99 Å². The highest BCUT2D eigenvalue weighted by atomic mass is 17.6. The lowest BCUT2D eigenvalue weighted by molar-refractivity contribution is -0.620. The fraction of sp³-hybridized carbons (Fsp3) is 0.500. The second kappa shape index (κ2) is 12.3. The van der Waals surface area contributed by atoms with Crippen molar-refractivity contribution in [3.05, 3.63) is 47.2 Å². The first-order valence-corrected chi connectivity index (χ1v) is 10.3. The molecule has 0 atom stereocenters. The number of hydrogen-bond donors (Lipinski definition) is 1. The normalized spacial score (nSPS) is 15.1. The Kier molecular flexibility index (Phi) is 9.15. The van der Waals surface area contributed by atoms with Crippen LogP contribution in [0.15, 0.2) is 30.3 Å². The Morgan fingerprint density at radius 3 is 2.80 bits per heavy atom. The van der Waals surface area contributed by atoms with E-state index in [1.807, 2.05) is 0 Å². The second-order valence-electron chi connectivity index (χ2n) is 7.13. The van der Waals surface area contributed by atoms with Crippen molar-refractivity contribution in [1.82, 2.24) is 14.7 Å². The van der Waals surface area contributed by atoms with Crippen molar-refractivity contribution in [2.45, 2.75) is 45.7 Å². The Bertz CT molecular complexity index is 819. The molecule has 8 nitrogen and oxygen atoms in total. The minimum atomic E-state index is 0.0804. The standard InChI is InChI=1S/C18H23N3O.C4H6O4/c1-2-6-16-14-20(10-8-15(16)5-1)11-12-22-18-13-17-7-3-4-9-21(17)19-18;1-2-3-4-6-8-7-5/h1-2,5-6,13H,3-4,7-12,14H2;5H,4H2,1H3. The summed E-state index contributed by atoms with van der Waals surface area (Å²) < 4.78 is 7.98. The number of aromatic nitrogens is 2. The molecule has 4 rings (SSSR count). The highest BCUT2D eigenvalue weighted by Crippen LogP contribution is 2.20. The lowest BCUT2D eigenvalue weighted by Gasteiger charge is -2.28. The zero-order valence-corrected chi connectivity index (χ0v) is 17.4. The van der Waals surface area contributed by atoms with Gasteiger partial charge in [-0.2, -0.15) is 4.89 Å². The minimum Gasteiger partial charge on any atom is -0.475 e. The third kappa shape index (κ3) is 6.83. The molecule has 2 aromatic rings. The molecule has 0 bridgehead atoms. The number of ether oxygens (including phenoxy) is 1. The van der Waals surface area contributed by atoms with Crippen LogP contribution in [0.3, 0.4) is 0 Å². The van der Waals surface area contributed by atoms with Gasteiger partial charge in [0.25, 0.3) is 0 Å². The lowest BCUT2D eigenvalue weighted by atomic mass is 10.0. The Balaban J connectivity index is 0.000000275. The van der Waals surface area contributed by atoms with E-state index in [1.54, 1.807) is 6.92 Å². The van der Waals surface area contributed by atoms with Crippen molar-refractivity contribution in [2.75, 3.05) is 26.3 Å². The van der Waals surface area contributed by atoms with Crippen LogP contribution < -0.4 is 4.74 Å². The van der Waals surface area contributed by atoms with Gasteiger partial charge in [0.15, 0.2) is 0 Å². The van der Waals surface area contributed by atoms with Crippen molar-refractivity contribution in [3.63, 3.8) is 0 Å². The van der Waals surface area contributed by atoms with E-state index in [2.05, 4.69) is 71.8 Å². The fourth-order valence-corrected chi connectivity index (χ4v) is 3.63. The van der Waals surface area contributed by atoms with Crippen LogP contribution in [0.25, 0.3) is 0 Å². The number of nitrogens with zero attached hydrogens (tertiary/aromatic N) is 3. The predicted molar refractivity (Wildman–Crippen MR) is 110 cm³/mol. The molecule has 1 aromatic heterocycles. The maximum absolute atomic E-state index is 7.47. The molecule has 0 spiro atoms. The summed E-state index contributed by atoms with van der Waals surface area (Å²) in [4.78, 5) is 6.55. The van der Waals surface area contributed by atoms with Crippen LogP contribution in [0.1, 0.15) is 36.6 Å². The molecule has 2 aliphatic heterocycles. The van der Waals surface area contributed by atoms with Crippen LogP contribution in [0.2, 0.25) is 0 Å². The number of rotatable bonds is 7. The number of benzene rings is 1. The first kappa shape index (κ1) is 22.3. The summed E-state index contributed by atoms with van der Waals surface area (Å²) in [6, 6.07) is 10.9. The van der Waals surface area contributed by atoms with Crippen LogP contribution in [-0.2, 0) is 40.9 Å². The molecule has 0 amide bonds. The summed E-state index contributed by atoms with van der Waals surface area (Å²) >= 11 is 0. The Labute approximate surface area is 177 Å². The third-order valence-corrected chi connectivity index (χ3v) is 5.15. The van der Waals surface area contributed by atoms with Crippen molar-refractivity contribution < 1.29 is 25.0 Å². The minimum absolute atomic E-state index is 0.0804. The average molecular weight is 415 g/mol. The van der Waals surface area contributed by atoms with E-state index in [1.165, 1.54) is 29.7 Å². The van der Waals surface area contributed by atoms with Crippen LogP contribution in [-0.4, -0.2) is 46.2 Å². The van der Waals surface area contributed by atoms with Crippen LogP contribution >= 0.6 is 0 Å². The molecule has 30 heavy (non-hydrogen) atoms. The molecule has 1 aromatic carbocycles. The predicted octanol–water partition coefficient (Wildman–Crippen LogP) is 3.02. The molecule has 0 saturated carbocycles. The monoisotopic (exact) mass is 415 g/mol. The van der Waals surface area contributed by atoms with Gasteiger partial charge in [0.1, 0.15) is 13.2 Å². The Hall–Kier alpha value is -2.41. The molecule has 2 aliphatic rings. The van der Waals surface area contributed by atoms with E-state index in [-0.39, 0.29) is 6.61 Å². The molecule has 162 valence electrons. The maximum Gasteiger partial charge on any atom is 0.233 e. The van der Waals surface area contributed by atoms with Crippen LogP contribution in [0, 0.1) is 11.8 Å². The van der Waals surface area contributed by atoms with Crippen LogP contribution in [0.5, 0.6) is 5.88 Å². The molecule has 8 heteroatoms. The van der Waals surface area contributed by atoms with E-state index < -0.39 is 0 Å². The summed E-state index contributed by atoms with van der Waals surface area (Å²) in [7, 11) is 0. The summed E-state index contributed by atoms with van der Waals surface area (Å²) in [6.07, 6.45) is 4.80. The molecule has 0 radical (unpaired) electrons. The van der Waals surface area contributed by atoms with Gasteiger partial charge in [0, 0.05) is 37.9 Å². The Morgan fingerprint density at radius 1 is 1.13 bits per heavy atom. The van der Waals surface area contributed by atoms with Gasteiger partial charge in [-0.05, 0) is 53.8 Å². The van der Waals surface area contributed by atoms with Gasteiger partial charge in [0.2, 0.25) is 5.88 Å². The fourth-order valence-electron chi connectivity index (χ4n) is 3.63. The van der Waals surface area contributed by atoms with Gasteiger partial charge in [-0.25, -0.2) is 5.26 Å². The summed E-state index contributed by atoms with van der Waals surface area (Å²) in [5, 5.41) is 18.7. The van der Waals surface area contributed by atoms with Crippen molar-refractivity contribution >= 4 is 0 Å². The molecule has 0 unspecified atom stereocenters. The Morgan fingerprint density at radius 2 is 2.00 bits per heavy atom. The topological polar surface area (TPSA) is 78.2 Å². The zero-order valence-electron chi connectivity index (χ0n) is 17.4. The van der Waals surface area contributed by atoms with Crippen LogP contribution in [0.4, 0.5) is 0 Å². The lowest BCUT2D eigenvalue weighted by Crippen LogP contribution is -2.33. The maximum atomic E-state index is 7.47. The van der Waals surface area contributed by atoms with Gasteiger partial charge in [-0.1, -0.05) is 30.2 Å². The highest BCUT2D eigenvalue weighted by Gasteiger charge is 2.16. The van der Waals surface area contributed by atoms with E-state index >= 15 is 0 Å². The smallest absolute Gasteiger partial charge is 0.233 e. The van der Waals surface area contributed by atoms with Gasteiger partial charge in [-0.15, -0.1) is 11.0 Å². The van der Waals surface area contributed by atoms with Gasteiger partial charge in [-0.3, -0.25) is 9.58 Å².